The van der Waals surface area contributed by atoms with Crippen LogP contribution >= 0.6 is 0 Å². The second-order valence-corrected chi connectivity index (χ2v) is 10.1. The Hall–Kier alpha value is -1.10. The Morgan fingerprint density at radius 2 is 1.28 bits per heavy atom. The molecule has 0 heterocycles. The summed E-state index contributed by atoms with van der Waals surface area (Å²) in [6.45, 7) is 2.97. The quantitative estimate of drug-likeness (QED) is 0.176. The van der Waals surface area contributed by atoms with Crippen LogP contribution in [0.25, 0.3) is 12.2 Å². The summed E-state index contributed by atoms with van der Waals surface area (Å²) in [6, 6.07) is 7.12. The molecule has 0 aromatic heterocycles. The van der Waals surface area contributed by atoms with Crippen LogP contribution in [0.1, 0.15) is 25.0 Å². The van der Waals surface area contributed by atoms with Crippen molar-refractivity contribution in [3.8, 4) is 0 Å². The monoisotopic (exact) mass is 556 g/mol. The molecule has 184 valence electrons. The SMILES string of the molecule is COCC(=O)Nc1ccc(/C=C/c2ccc(NC(=O)C(C)C)cc2S(=O)(=O)[O-])c(S(=O)(=O)[O-])c1.[Na+].[Na+]. The van der Waals surface area contributed by atoms with Gasteiger partial charge < -0.3 is 24.5 Å². The second-order valence-electron chi connectivity index (χ2n) is 7.37. The largest absolute Gasteiger partial charge is 1.00 e. The first-order chi connectivity index (χ1) is 15.7. The summed E-state index contributed by atoms with van der Waals surface area (Å²) in [4.78, 5) is 22.2. The van der Waals surface area contributed by atoms with Crippen molar-refractivity contribution in [2.24, 2.45) is 5.92 Å². The van der Waals surface area contributed by atoms with Crippen molar-refractivity contribution in [3.63, 3.8) is 0 Å². The van der Waals surface area contributed by atoms with Crippen LogP contribution in [-0.4, -0.2) is 51.5 Å². The minimum atomic E-state index is -4.99. The summed E-state index contributed by atoms with van der Waals surface area (Å²) < 4.78 is 75.2. The molecule has 2 amide bonds. The van der Waals surface area contributed by atoms with Crippen LogP contribution in [0.4, 0.5) is 11.4 Å². The molecule has 0 atom stereocenters. The fourth-order valence-electron chi connectivity index (χ4n) is 2.73. The van der Waals surface area contributed by atoms with Crippen molar-refractivity contribution in [1.29, 1.82) is 0 Å². The number of rotatable bonds is 9. The van der Waals surface area contributed by atoms with E-state index < -0.39 is 35.9 Å². The van der Waals surface area contributed by atoms with Gasteiger partial charge in [0.15, 0.2) is 0 Å². The Morgan fingerprint density at radius 1 is 0.861 bits per heavy atom. The third kappa shape index (κ3) is 10.3. The Labute approximate surface area is 254 Å². The number of ether oxygens (including phenoxy) is 1. The molecular weight excluding hydrogens is 534 g/mol. The summed E-state index contributed by atoms with van der Waals surface area (Å²) in [5.41, 5.74) is -0.0820. The van der Waals surface area contributed by atoms with Gasteiger partial charge in [-0.05, 0) is 35.4 Å². The maximum Gasteiger partial charge on any atom is 1.00 e. The fourth-order valence-corrected chi connectivity index (χ4v) is 4.12. The van der Waals surface area contributed by atoms with Crippen LogP contribution in [-0.2, 0) is 34.6 Å². The number of nitrogens with one attached hydrogen (secondary N) is 2. The summed E-state index contributed by atoms with van der Waals surface area (Å²) in [5.74, 6) is -1.35. The first-order valence-corrected chi connectivity index (χ1v) is 12.5. The molecule has 15 heteroatoms. The molecule has 0 aliphatic heterocycles. The molecule has 0 bridgehead atoms. The summed E-state index contributed by atoms with van der Waals surface area (Å²) in [5, 5.41) is 4.85. The minimum Gasteiger partial charge on any atom is -0.744 e. The maximum absolute atomic E-state index is 11.9. The van der Waals surface area contributed by atoms with Gasteiger partial charge in [0.05, 0.1) is 9.79 Å². The number of hydrogen-bond acceptors (Lipinski definition) is 9. The molecule has 2 aromatic carbocycles. The van der Waals surface area contributed by atoms with E-state index >= 15 is 0 Å². The van der Waals surface area contributed by atoms with Gasteiger partial charge >= 0.3 is 59.1 Å². The van der Waals surface area contributed by atoms with Crippen molar-refractivity contribution in [3.05, 3.63) is 47.5 Å². The Bertz CT molecular complexity index is 1340. The zero-order valence-electron chi connectivity index (χ0n) is 20.4. The number of anilines is 2. The van der Waals surface area contributed by atoms with Gasteiger partial charge in [-0.2, -0.15) is 0 Å². The Morgan fingerprint density at radius 3 is 1.64 bits per heavy atom. The minimum absolute atomic E-state index is 0. The smallest absolute Gasteiger partial charge is 0.744 e. The molecule has 36 heavy (non-hydrogen) atoms. The first-order valence-electron chi connectivity index (χ1n) is 9.70. The molecule has 0 aliphatic carbocycles. The fraction of sp³-hybridized carbons (Fsp3) is 0.238. The van der Waals surface area contributed by atoms with E-state index in [0.717, 1.165) is 24.3 Å². The second kappa shape index (κ2) is 14.7. The van der Waals surface area contributed by atoms with E-state index in [9.17, 15) is 35.5 Å². The Kier molecular flexibility index (Phi) is 14.3. The van der Waals surface area contributed by atoms with E-state index in [1.807, 2.05) is 0 Å². The van der Waals surface area contributed by atoms with Gasteiger partial charge in [0.1, 0.15) is 26.8 Å². The molecule has 0 spiro atoms. The van der Waals surface area contributed by atoms with Crippen molar-refractivity contribution in [2.75, 3.05) is 24.4 Å². The van der Waals surface area contributed by atoms with E-state index in [1.54, 1.807) is 13.8 Å². The molecule has 0 saturated carbocycles. The molecule has 2 N–H and O–H groups in total. The zero-order valence-corrected chi connectivity index (χ0v) is 26.0. The molecule has 0 radical (unpaired) electrons. The third-order valence-electron chi connectivity index (χ3n) is 4.36. The van der Waals surface area contributed by atoms with Gasteiger partial charge in [-0.25, -0.2) is 16.8 Å². The van der Waals surface area contributed by atoms with Gasteiger partial charge in [0.25, 0.3) is 0 Å². The molecule has 2 rings (SSSR count). The van der Waals surface area contributed by atoms with Crippen LogP contribution in [0.2, 0.25) is 0 Å². The number of carbonyl (C=O) groups is 2. The standard InChI is InChI=1S/C21H24N2O9S2.2Na/c1-13(2)21(25)23-17-9-7-15(19(11-17)34(29,30)31)5-4-14-6-8-16(22-20(24)12-32-3)10-18(14)33(26,27)28;;/h4-11,13H,12H2,1-3H3,(H,22,24)(H,23,25)(H,26,27,28)(H,29,30,31);;/q;2*+1/p-2/b5-4+;;. The van der Waals surface area contributed by atoms with Crippen molar-refractivity contribution < 1.29 is 99.4 Å². The maximum atomic E-state index is 11.9. The van der Waals surface area contributed by atoms with Crippen molar-refractivity contribution in [2.45, 2.75) is 23.6 Å². The van der Waals surface area contributed by atoms with Crippen LogP contribution < -0.4 is 69.7 Å². The topological polar surface area (TPSA) is 182 Å². The zero-order chi connectivity index (χ0) is 25.7. The normalized spacial score (nSPS) is 11.5. The average Bonchev–Trinajstić information content (AvgIpc) is 2.72. The van der Waals surface area contributed by atoms with E-state index in [0.29, 0.717) is 0 Å². The van der Waals surface area contributed by atoms with E-state index in [-0.39, 0.29) is 100 Å². The number of benzene rings is 2. The number of hydrogen-bond donors (Lipinski definition) is 2. The predicted molar refractivity (Wildman–Crippen MR) is 122 cm³/mol. The third-order valence-corrected chi connectivity index (χ3v) is 6.14. The molecule has 0 unspecified atom stereocenters. The van der Waals surface area contributed by atoms with Crippen molar-refractivity contribution in [1.82, 2.24) is 0 Å². The van der Waals surface area contributed by atoms with Crippen LogP contribution in [0.15, 0.2) is 46.2 Å². The van der Waals surface area contributed by atoms with Gasteiger partial charge in [-0.15, -0.1) is 0 Å². The molecule has 0 saturated heterocycles. The Balaban J connectivity index is 0.00000612. The van der Waals surface area contributed by atoms with Gasteiger partial charge in [-0.1, -0.05) is 38.1 Å². The van der Waals surface area contributed by atoms with Gasteiger partial charge in [0.2, 0.25) is 11.8 Å². The van der Waals surface area contributed by atoms with Crippen LogP contribution in [0.3, 0.4) is 0 Å². The van der Waals surface area contributed by atoms with E-state index in [4.69, 9.17) is 0 Å². The van der Waals surface area contributed by atoms with Crippen LogP contribution in [0.5, 0.6) is 0 Å². The van der Waals surface area contributed by atoms with Crippen molar-refractivity contribution >= 4 is 55.6 Å². The summed E-state index contributed by atoms with van der Waals surface area (Å²) >= 11 is 0. The molecule has 0 aliphatic rings. The summed E-state index contributed by atoms with van der Waals surface area (Å²) in [7, 11) is -8.67. The van der Waals surface area contributed by atoms with E-state index in [1.165, 1.54) is 31.4 Å². The van der Waals surface area contributed by atoms with E-state index in [2.05, 4.69) is 15.4 Å². The molecule has 11 nitrogen and oxygen atoms in total. The van der Waals surface area contributed by atoms with Gasteiger partial charge in [0, 0.05) is 24.4 Å². The average molecular weight is 557 g/mol. The molecular formula is C21H22N2Na2O9S2. The first kappa shape index (κ1) is 34.9. The van der Waals surface area contributed by atoms with Gasteiger partial charge in [-0.3, -0.25) is 9.59 Å². The predicted octanol–water partition coefficient (Wildman–Crippen LogP) is -4.15. The van der Waals surface area contributed by atoms with Crippen LogP contribution in [0, 0.1) is 5.92 Å². The summed E-state index contributed by atoms with van der Waals surface area (Å²) in [6.07, 6.45) is 2.29. The number of amides is 2. The number of carbonyl (C=O) groups excluding carboxylic acids is 2. The molecule has 2 aromatic rings. The molecule has 0 fully saturated rings. The number of methoxy groups -OCH3 is 1.